The Morgan fingerprint density at radius 1 is 1.53 bits per heavy atom. The fourth-order valence-corrected chi connectivity index (χ4v) is 2.21. The molecule has 1 atom stereocenters. The second-order valence-electron chi connectivity index (χ2n) is 4.29. The highest BCUT2D eigenvalue weighted by Crippen LogP contribution is 2.19. The molecule has 19 heavy (non-hydrogen) atoms. The predicted octanol–water partition coefficient (Wildman–Crippen LogP) is 2.37. The standard InChI is InChI=1S/C14H20BrNO3/c1-3-16(8-7-14(18)19-2)10-13(17)11-5-4-6-12(15)9-11/h4-6,9,13,17H,3,7-8,10H2,1-2H3. The van der Waals surface area contributed by atoms with Crippen molar-refractivity contribution in [2.24, 2.45) is 0 Å². The number of rotatable bonds is 7. The van der Waals surface area contributed by atoms with Crippen LogP contribution in [0.3, 0.4) is 0 Å². The Morgan fingerprint density at radius 2 is 2.26 bits per heavy atom. The molecule has 0 aliphatic rings. The zero-order valence-corrected chi connectivity index (χ0v) is 12.9. The van der Waals surface area contributed by atoms with Crippen molar-refractivity contribution in [1.29, 1.82) is 0 Å². The Labute approximate surface area is 122 Å². The number of ether oxygens (including phenoxy) is 1. The molecule has 0 amide bonds. The topological polar surface area (TPSA) is 49.8 Å². The van der Waals surface area contributed by atoms with Gasteiger partial charge in [0, 0.05) is 17.6 Å². The number of esters is 1. The van der Waals surface area contributed by atoms with E-state index in [2.05, 4.69) is 20.7 Å². The van der Waals surface area contributed by atoms with Crippen LogP contribution in [0.5, 0.6) is 0 Å². The van der Waals surface area contributed by atoms with Crippen molar-refractivity contribution in [3.05, 3.63) is 34.3 Å². The van der Waals surface area contributed by atoms with Crippen molar-refractivity contribution in [3.8, 4) is 0 Å². The maximum absolute atomic E-state index is 11.1. The maximum Gasteiger partial charge on any atom is 0.306 e. The predicted molar refractivity (Wildman–Crippen MR) is 77.8 cm³/mol. The van der Waals surface area contributed by atoms with E-state index < -0.39 is 6.10 Å². The van der Waals surface area contributed by atoms with Gasteiger partial charge in [0.15, 0.2) is 0 Å². The highest BCUT2D eigenvalue weighted by molar-refractivity contribution is 9.10. The first-order chi connectivity index (χ1) is 9.06. The van der Waals surface area contributed by atoms with Crippen LogP contribution in [0.1, 0.15) is 25.0 Å². The molecule has 1 unspecified atom stereocenters. The van der Waals surface area contributed by atoms with Gasteiger partial charge in [0.1, 0.15) is 0 Å². The van der Waals surface area contributed by atoms with Gasteiger partial charge in [-0.05, 0) is 24.2 Å². The van der Waals surface area contributed by atoms with Gasteiger partial charge in [-0.3, -0.25) is 4.79 Å². The highest BCUT2D eigenvalue weighted by atomic mass is 79.9. The van der Waals surface area contributed by atoms with Crippen molar-refractivity contribution in [2.75, 3.05) is 26.7 Å². The number of likely N-dealkylation sites (N-methyl/N-ethyl adjacent to an activating group) is 1. The Balaban J connectivity index is 2.53. The first kappa shape index (κ1) is 16.1. The minimum atomic E-state index is -0.560. The molecule has 0 saturated carbocycles. The molecular weight excluding hydrogens is 310 g/mol. The lowest BCUT2D eigenvalue weighted by atomic mass is 10.1. The Morgan fingerprint density at radius 3 is 2.84 bits per heavy atom. The van der Waals surface area contributed by atoms with Gasteiger partial charge in [-0.2, -0.15) is 0 Å². The summed E-state index contributed by atoms with van der Waals surface area (Å²) in [5.74, 6) is -0.226. The van der Waals surface area contributed by atoms with Crippen LogP contribution in [0.4, 0.5) is 0 Å². The van der Waals surface area contributed by atoms with Gasteiger partial charge in [-0.15, -0.1) is 0 Å². The number of hydrogen-bond donors (Lipinski definition) is 1. The number of aliphatic hydroxyl groups excluding tert-OH is 1. The summed E-state index contributed by atoms with van der Waals surface area (Å²) < 4.78 is 5.56. The van der Waals surface area contributed by atoms with E-state index in [0.29, 0.717) is 19.5 Å². The average molecular weight is 330 g/mol. The molecule has 0 aliphatic heterocycles. The molecule has 0 saturated heterocycles. The van der Waals surface area contributed by atoms with Crippen LogP contribution in [0.2, 0.25) is 0 Å². The minimum Gasteiger partial charge on any atom is -0.469 e. The fourth-order valence-electron chi connectivity index (χ4n) is 1.79. The van der Waals surface area contributed by atoms with Crippen LogP contribution in [0, 0.1) is 0 Å². The van der Waals surface area contributed by atoms with E-state index in [1.54, 1.807) is 0 Å². The van der Waals surface area contributed by atoms with E-state index in [-0.39, 0.29) is 5.97 Å². The number of methoxy groups -OCH3 is 1. The number of benzene rings is 1. The zero-order valence-electron chi connectivity index (χ0n) is 11.3. The summed E-state index contributed by atoms with van der Waals surface area (Å²) in [6.45, 7) is 3.88. The molecule has 0 fully saturated rings. The molecule has 4 nitrogen and oxygen atoms in total. The molecule has 0 aromatic heterocycles. The summed E-state index contributed by atoms with van der Waals surface area (Å²) in [4.78, 5) is 13.1. The normalized spacial score (nSPS) is 12.5. The molecule has 1 aromatic carbocycles. The second kappa shape index (κ2) is 8.30. The molecule has 0 spiro atoms. The maximum atomic E-state index is 11.1. The molecule has 0 bridgehead atoms. The van der Waals surface area contributed by atoms with Gasteiger partial charge in [0.05, 0.1) is 19.6 Å². The van der Waals surface area contributed by atoms with E-state index in [0.717, 1.165) is 16.6 Å². The van der Waals surface area contributed by atoms with E-state index in [4.69, 9.17) is 0 Å². The molecule has 106 valence electrons. The Hall–Kier alpha value is -0.910. The third kappa shape index (κ3) is 5.72. The third-order valence-electron chi connectivity index (χ3n) is 2.97. The Kier molecular flexibility index (Phi) is 7.05. The number of carbonyl (C=O) groups excluding carboxylic acids is 1. The van der Waals surface area contributed by atoms with Gasteiger partial charge < -0.3 is 14.7 Å². The molecule has 0 radical (unpaired) electrons. The molecule has 1 aromatic rings. The number of hydrogen-bond acceptors (Lipinski definition) is 4. The second-order valence-corrected chi connectivity index (χ2v) is 5.21. The van der Waals surface area contributed by atoms with Crippen LogP contribution in [0.25, 0.3) is 0 Å². The average Bonchev–Trinajstić information content (AvgIpc) is 2.42. The fraction of sp³-hybridized carbons (Fsp3) is 0.500. The smallest absolute Gasteiger partial charge is 0.306 e. The van der Waals surface area contributed by atoms with E-state index in [1.165, 1.54) is 7.11 Å². The SMILES string of the molecule is CCN(CCC(=O)OC)CC(O)c1cccc(Br)c1. The summed E-state index contributed by atoms with van der Waals surface area (Å²) in [6, 6.07) is 7.61. The minimum absolute atomic E-state index is 0.226. The zero-order chi connectivity index (χ0) is 14.3. The molecule has 0 heterocycles. The lowest BCUT2D eigenvalue weighted by molar-refractivity contribution is -0.141. The largest absolute Gasteiger partial charge is 0.469 e. The van der Waals surface area contributed by atoms with Crippen LogP contribution in [-0.4, -0.2) is 42.7 Å². The van der Waals surface area contributed by atoms with Crippen LogP contribution >= 0.6 is 15.9 Å². The van der Waals surface area contributed by atoms with Gasteiger partial charge in [0.25, 0.3) is 0 Å². The van der Waals surface area contributed by atoms with Crippen molar-refractivity contribution in [1.82, 2.24) is 4.90 Å². The molecular formula is C14H20BrNO3. The first-order valence-corrected chi connectivity index (χ1v) is 7.08. The summed E-state index contributed by atoms with van der Waals surface area (Å²) in [5.41, 5.74) is 0.867. The van der Waals surface area contributed by atoms with Gasteiger partial charge in [-0.25, -0.2) is 0 Å². The molecule has 1 N–H and O–H groups in total. The van der Waals surface area contributed by atoms with Crippen LogP contribution in [0.15, 0.2) is 28.7 Å². The first-order valence-electron chi connectivity index (χ1n) is 6.29. The summed E-state index contributed by atoms with van der Waals surface area (Å²) in [5, 5.41) is 10.2. The Bertz CT molecular complexity index is 411. The monoisotopic (exact) mass is 329 g/mol. The molecule has 5 heteroatoms. The van der Waals surface area contributed by atoms with Crippen LogP contribution in [-0.2, 0) is 9.53 Å². The summed E-state index contributed by atoms with van der Waals surface area (Å²) >= 11 is 3.39. The van der Waals surface area contributed by atoms with Crippen molar-refractivity contribution >= 4 is 21.9 Å². The van der Waals surface area contributed by atoms with E-state index in [9.17, 15) is 9.90 Å². The molecule has 0 aliphatic carbocycles. The number of carbonyl (C=O) groups is 1. The number of nitrogens with zero attached hydrogens (tertiary/aromatic N) is 1. The quantitative estimate of drug-likeness (QED) is 0.780. The molecule has 1 rings (SSSR count). The third-order valence-corrected chi connectivity index (χ3v) is 3.46. The van der Waals surface area contributed by atoms with E-state index >= 15 is 0 Å². The van der Waals surface area contributed by atoms with Crippen molar-refractivity contribution < 1.29 is 14.6 Å². The number of aliphatic hydroxyl groups is 1. The summed E-state index contributed by atoms with van der Waals surface area (Å²) in [7, 11) is 1.38. The lowest BCUT2D eigenvalue weighted by Crippen LogP contribution is -2.31. The van der Waals surface area contributed by atoms with Gasteiger partial charge in [-0.1, -0.05) is 35.0 Å². The summed E-state index contributed by atoms with van der Waals surface area (Å²) in [6.07, 6.45) is -0.217. The van der Waals surface area contributed by atoms with Crippen LogP contribution < -0.4 is 0 Å². The van der Waals surface area contributed by atoms with Gasteiger partial charge >= 0.3 is 5.97 Å². The van der Waals surface area contributed by atoms with Gasteiger partial charge in [0.2, 0.25) is 0 Å². The van der Waals surface area contributed by atoms with Crippen molar-refractivity contribution in [2.45, 2.75) is 19.4 Å². The lowest BCUT2D eigenvalue weighted by Gasteiger charge is -2.23. The van der Waals surface area contributed by atoms with E-state index in [1.807, 2.05) is 36.1 Å². The van der Waals surface area contributed by atoms with Crippen molar-refractivity contribution in [3.63, 3.8) is 0 Å². The highest BCUT2D eigenvalue weighted by Gasteiger charge is 2.14. The number of halogens is 1.